The van der Waals surface area contributed by atoms with Crippen LogP contribution in [0.1, 0.15) is 16.1 Å². The Kier molecular flexibility index (Phi) is 2.99. The van der Waals surface area contributed by atoms with Crippen LogP contribution >= 0.6 is 27.3 Å². The van der Waals surface area contributed by atoms with E-state index in [0.29, 0.717) is 4.88 Å². The molecule has 0 aliphatic heterocycles. The Morgan fingerprint density at radius 1 is 1.50 bits per heavy atom. The molecule has 0 spiro atoms. The lowest BCUT2D eigenvalue weighted by Crippen LogP contribution is -2.04. The summed E-state index contributed by atoms with van der Waals surface area (Å²) >= 11 is 4.43. The minimum Gasteiger partial charge on any atom is -0.481 e. The van der Waals surface area contributed by atoms with Crippen LogP contribution in [0.2, 0.25) is 0 Å². The second-order valence-electron chi connectivity index (χ2n) is 2.10. The third kappa shape index (κ3) is 2.42. The molecule has 0 aliphatic rings. The Bertz CT molecular complexity index is 318. The summed E-state index contributed by atoms with van der Waals surface area (Å²) in [5.74, 6) is -1.44. The fraction of sp³-hybridized carbons (Fsp3) is 0.143. The normalized spacial score (nSPS) is 9.75. The molecular formula is C7H5BrO3S. The third-order valence-electron chi connectivity index (χ3n) is 1.16. The van der Waals surface area contributed by atoms with Crippen molar-refractivity contribution in [3.8, 4) is 0 Å². The lowest BCUT2D eigenvalue weighted by molar-refractivity contribution is -0.135. The Labute approximate surface area is 81.2 Å². The van der Waals surface area contributed by atoms with E-state index in [0.717, 1.165) is 3.79 Å². The van der Waals surface area contributed by atoms with Crippen molar-refractivity contribution in [3.05, 3.63) is 20.8 Å². The van der Waals surface area contributed by atoms with Crippen molar-refractivity contribution in [3.63, 3.8) is 0 Å². The van der Waals surface area contributed by atoms with Gasteiger partial charge in [0.1, 0.15) is 6.42 Å². The van der Waals surface area contributed by atoms with Crippen molar-refractivity contribution >= 4 is 39.0 Å². The molecular weight excluding hydrogens is 244 g/mol. The number of carboxylic acid groups (broad SMARTS) is 1. The van der Waals surface area contributed by atoms with Crippen LogP contribution in [0.25, 0.3) is 0 Å². The molecule has 0 fully saturated rings. The smallest absolute Gasteiger partial charge is 0.311 e. The highest BCUT2D eigenvalue weighted by Gasteiger charge is 2.11. The average molecular weight is 249 g/mol. The zero-order valence-electron chi connectivity index (χ0n) is 5.91. The predicted octanol–water partition coefficient (Wildman–Crippen LogP) is 2.17. The Balaban J connectivity index is 2.72. The lowest BCUT2D eigenvalue weighted by atomic mass is 10.2. The zero-order valence-corrected chi connectivity index (χ0v) is 8.31. The Morgan fingerprint density at radius 3 is 2.58 bits per heavy atom. The van der Waals surface area contributed by atoms with Crippen LogP contribution in [0.4, 0.5) is 0 Å². The molecule has 0 unspecified atom stereocenters. The van der Waals surface area contributed by atoms with Crippen LogP contribution in [-0.2, 0) is 4.79 Å². The molecule has 3 nitrogen and oxygen atoms in total. The van der Waals surface area contributed by atoms with Gasteiger partial charge in [0.25, 0.3) is 0 Å². The van der Waals surface area contributed by atoms with E-state index in [2.05, 4.69) is 15.9 Å². The van der Waals surface area contributed by atoms with Crippen molar-refractivity contribution in [2.45, 2.75) is 6.42 Å². The maximum absolute atomic E-state index is 11.1. The molecule has 0 saturated carbocycles. The van der Waals surface area contributed by atoms with E-state index < -0.39 is 12.4 Å². The van der Waals surface area contributed by atoms with Crippen LogP contribution in [0.3, 0.4) is 0 Å². The molecule has 0 aromatic carbocycles. The topological polar surface area (TPSA) is 54.4 Å². The maximum Gasteiger partial charge on any atom is 0.311 e. The third-order valence-corrected chi connectivity index (χ3v) is 2.82. The fourth-order valence-electron chi connectivity index (χ4n) is 0.689. The number of aliphatic carboxylic acids is 1. The Morgan fingerprint density at radius 2 is 2.17 bits per heavy atom. The van der Waals surface area contributed by atoms with E-state index in [-0.39, 0.29) is 5.78 Å². The SMILES string of the molecule is O=C(O)CC(=O)c1ccc(Br)s1. The van der Waals surface area contributed by atoms with Crippen LogP contribution < -0.4 is 0 Å². The largest absolute Gasteiger partial charge is 0.481 e. The first-order valence-electron chi connectivity index (χ1n) is 3.10. The van der Waals surface area contributed by atoms with Gasteiger partial charge in [-0.2, -0.15) is 0 Å². The number of Topliss-reactive ketones (excluding diaryl/α,β-unsaturated/α-hetero) is 1. The number of hydrogen-bond donors (Lipinski definition) is 1. The van der Waals surface area contributed by atoms with Crippen molar-refractivity contribution < 1.29 is 14.7 Å². The predicted molar refractivity (Wildman–Crippen MR) is 48.6 cm³/mol. The van der Waals surface area contributed by atoms with Gasteiger partial charge in [-0.3, -0.25) is 9.59 Å². The summed E-state index contributed by atoms with van der Waals surface area (Å²) in [7, 11) is 0. The number of carbonyl (C=O) groups is 2. The number of halogens is 1. The number of hydrogen-bond acceptors (Lipinski definition) is 3. The highest BCUT2D eigenvalue weighted by atomic mass is 79.9. The van der Waals surface area contributed by atoms with Crippen LogP contribution in [0.15, 0.2) is 15.9 Å². The summed E-state index contributed by atoms with van der Waals surface area (Å²) in [6.45, 7) is 0. The molecule has 1 rings (SSSR count). The van der Waals surface area contributed by atoms with Gasteiger partial charge >= 0.3 is 5.97 Å². The van der Waals surface area contributed by atoms with Gasteiger partial charge in [-0.1, -0.05) is 0 Å². The number of ketones is 1. The summed E-state index contributed by atoms with van der Waals surface area (Å²) in [5, 5.41) is 8.32. The summed E-state index contributed by atoms with van der Waals surface area (Å²) in [6.07, 6.45) is -0.438. The summed E-state index contributed by atoms with van der Waals surface area (Å²) in [5.41, 5.74) is 0. The van der Waals surface area contributed by atoms with E-state index in [4.69, 9.17) is 5.11 Å². The van der Waals surface area contributed by atoms with E-state index in [1.54, 1.807) is 12.1 Å². The molecule has 64 valence electrons. The van der Waals surface area contributed by atoms with E-state index in [1.165, 1.54) is 11.3 Å². The number of rotatable bonds is 3. The molecule has 0 radical (unpaired) electrons. The molecule has 0 bridgehead atoms. The number of carboxylic acids is 1. The molecule has 12 heavy (non-hydrogen) atoms. The first kappa shape index (κ1) is 9.41. The van der Waals surface area contributed by atoms with E-state index in [1.807, 2.05) is 0 Å². The van der Waals surface area contributed by atoms with Crippen molar-refractivity contribution in [1.29, 1.82) is 0 Å². The quantitative estimate of drug-likeness (QED) is 0.659. The van der Waals surface area contributed by atoms with E-state index >= 15 is 0 Å². The zero-order chi connectivity index (χ0) is 9.14. The first-order chi connectivity index (χ1) is 5.59. The van der Waals surface area contributed by atoms with Crippen molar-refractivity contribution in [1.82, 2.24) is 0 Å². The monoisotopic (exact) mass is 248 g/mol. The van der Waals surface area contributed by atoms with Crippen LogP contribution in [0, 0.1) is 0 Å². The highest BCUT2D eigenvalue weighted by molar-refractivity contribution is 9.11. The van der Waals surface area contributed by atoms with Gasteiger partial charge < -0.3 is 5.11 Å². The minimum atomic E-state index is -1.09. The van der Waals surface area contributed by atoms with Gasteiger partial charge in [0.05, 0.1) is 8.66 Å². The average Bonchev–Trinajstić information content (AvgIpc) is 2.34. The van der Waals surface area contributed by atoms with Gasteiger partial charge in [-0.25, -0.2) is 0 Å². The van der Waals surface area contributed by atoms with Crippen molar-refractivity contribution in [2.75, 3.05) is 0 Å². The maximum atomic E-state index is 11.1. The van der Waals surface area contributed by atoms with Gasteiger partial charge in [0.2, 0.25) is 0 Å². The van der Waals surface area contributed by atoms with Gasteiger partial charge in [0.15, 0.2) is 5.78 Å². The number of thiophene rings is 1. The second kappa shape index (κ2) is 3.82. The molecule has 0 saturated heterocycles. The molecule has 5 heteroatoms. The summed E-state index contributed by atoms with van der Waals surface area (Å²) in [4.78, 5) is 21.7. The standard InChI is InChI=1S/C7H5BrO3S/c8-6-2-1-5(12-6)4(9)3-7(10)11/h1-2H,3H2,(H,10,11). The lowest BCUT2D eigenvalue weighted by Gasteiger charge is -1.90. The van der Waals surface area contributed by atoms with E-state index in [9.17, 15) is 9.59 Å². The van der Waals surface area contributed by atoms with Gasteiger partial charge in [0, 0.05) is 0 Å². The first-order valence-corrected chi connectivity index (χ1v) is 4.71. The van der Waals surface area contributed by atoms with Crippen molar-refractivity contribution in [2.24, 2.45) is 0 Å². The van der Waals surface area contributed by atoms with Crippen LogP contribution in [-0.4, -0.2) is 16.9 Å². The van der Waals surface area contributed by atoms with Gasteiger partial charge in [-0.05, 0) is 28.1 Å². The molecule has 0 aliphatic carbocycles. The fourth-order valence-corrected chi connectivity index (χ4v) is 2.01. The molecule has 0 amide bonds. The molecule has 1 aromatic rings. The summed E-state index contributed by atoms with van der Waals surface area (Å²) < 4.78 is 0.830. The molecule has 0 atom stereocenters. The molecule has 1 N–H and O–H groups in total. The minimum absolute atomic E-state index is 0.349. The van der Waals surface area contributed by atoms with Crippen LogP contribution in [0.5, 0.6) is 0 Å². The summed E-state index contributed by atoms with van der Waals surface area (Å²) in [6, 6.07) is 3.33. The highest BCUT2D eigenvalue weighted by Crippen LogP contribution is 2.22. The second-order valence-corrected chi connectivity index (χ2v) is 4.56. The number of carbonyl (C=O) groups excluding carboxylic acids is 1. The van der Waals surface area contributed by atoms with Gasteiger partial charge in [-0.15, -0.1) is 11.3 Å². The molecule has 1 heterocycles. The Hall–Kier alpha value is -0.680. The molecule has 1 aromatic heterocycles.